The van der Waals surface area contributed by atoms with Gasteiger partial charge in [0.2, 0.25) is 0 Å². The van der Waals surface area contributed by atoms with Crippen molar-refractivity contribution in [1.29, 1.82) is 0 Å². The summed E-state index contributed by atoms with van der Waals surface area (Å²) >= 11 is -1.68. The predicted molar refractivity (Wildman–Crippen MR) is 76.8 cm³/mol. The maximum atomic E-state index is 11.5. The van der Waals surface area contributed by atoms with Gasteiger partial charge in [-0.1, -0.05) is 0 Å². The monoisotopic (exact) mass is 462 g/mol. The Labute approximate surface area is 170 Å². The van der Waals surface area contributed by atoms with Crippen LogP contribution < -0.4 is 30.4 Å². The number of hydrogen-bond donors (Lipinski definition) is 0. The van der Waals surface area contributed by atoms with Crippen molar-refractivity contribution in [3.8, 4) is 11.5 Å². The molecule has 0 aromatic heterocycles. The van der Waals surface area contributed by atoms with E-state index in [1.165, 1.54) is 14.2 Å². The van der Waals surface area contributed by atoms with Crippen molar-refractivity contribution in [2.75, 3.05) is 14.2 Å². The third-order valence-corrected chi connectivity index (χ3v) is 4.40. The molecule has 2 rings (SSSR count). The van der Waals surface area contributed by atoms with E-state index in [-0.39, 0.29) is 24.8 Å². The van der Waals surface area contributed by atoms with E-state index in [1.54, 1.807) is 48.5 Å². The van der Waals surface area contributed by atoms with Crippen LogP contribution in [0.15, 0.2) is 48.5 Å². The summed E-state index contributed by atoms with van der Waals surface area (Å²) in [5.41, 5.74) is 0.828. The van der Waals surface area contributed by atoms with E-state index in [2.05, 4.69) is 9.47 Å². The largest absolute Gasteiger partial charge is 1.00 e. The summed E-state index contributed by atoms with van der Waals surface area (Å²) in [5.74, 6) is 0.243. The Morgan fingerprint density at radius 3 is 1.52 bits per heavy atom. The molecule has 0 fully saturated rings. The average molecular weight is 464 g/mol. The van der Waals surface area contributed by atoms with Crippen molar-refractivity contribution < 1.29 is 73.6 Å². The molecule has 132 valence electrons. The number of ether oxygens (including phenoxy) is 2. The zero-order chi connectivity index (χ0) is 16.7. The molecular weight excluding hydrogens is 450 g/mol. The predicted octanol–water partition coefficient (Wildman–Crippen LogP) is -3.36. The molecule has 0 saturated carbocycles. The third kappa shape index (κ3) is 7.06. The van der Waals surface area contributed by atoms with Gasteiger partial charge in [0, 0.05) is 0 Å². The Bertz CT molecular complexity index is 651. The number of carbonyl (C=O) groups is 2. The molecule has 0 N–H and O–H groups in total. The van der Waals surface area contributed by atoms with E-state index in [9.17, 15) is 9.59 Å². The van der Waals surface area contributed by atoms with E-state index in [0.29, 0.717) is 22.6 Å². The molecule has 0 amide bonds. The fourth-order valence-electron chi connectivity index (χ4n) is 1.73. The van der Waals surface area contributed by atoms with Gasteiger partial charge in [-0.25, -0.2) is 0 Å². The smallest absolute Gasteiger partial charge is 1.00 e. The third-order valence-electron chi connectivity index (χ3n) is 2.83. The van der Waals surface area contributed by atoms with Crippen LogP contribution in [0.25, 0.3) is 0 Å². The van der Waals surface area contributed by atoms with Crippen LogP contribution in [-0.2, 0) is 33.6 Å². The molecule has 0 heterocycles. The van der Waals surface area contributed by atoms with Gasteiger partial charge in [-0.3, -0.25) is 0 Å². The first kappa shape index (κ1) is 23.4. The maximum Gasteiger partial charge on any atom is -1.00 e. The van der Waals surface area contributed by atoms with Gasteiger partial charge in [-0.2, -0.15) is 0 Å². The van der Waals surface area contributed by atoms with E-state index in [1.807, 2.05) is 0 Å². The number of rotatable bonds is 6. The summed E-state index contributed by atoms with van der Waals surface area (Å²) in [6.07, 6.45) is 0. The summed E-state index contributed by atoms with van der Waals surface area (Å²) in [6, 6.07) is 13.4. The summed E-state index contributed by atoms with van der Waals surface area (Å²) < 4.78 is 20.5. The second kappa shape index (κ2) is 11.9. The number of halogens is 2. The molecule has 6 nitrogen and oxygen atoms in total. The number of benzene rings is 2. The van der Waals surface area contributed by atoms with Crippen LogP contribution >= 0.6 is 0 Å². The Hall–Kier alpha value is -1.56. The van der Waals surface area contributed by atoms with Gasteiger partial charge >= 0.3 is 146 Å². The molecule has 0 saturated heterocycles. The standard InChI is InChI=1S/2C8H8O3.2ClH.Zr/c2*1-11-8(10)6-3-2-4-7(9)5-6;;;/h2*2-5,9H,1H3;2*1H;/q;;;;+4/p-4. The normalized spacial score (nSPS) is 8.72. The molecule has 0 radical (unpaired) electrons. The van der Waals surface area contributed by atoms with Gasteiger partial charge in [-0.15, -0.1) is 0 Å². The van der Waals surface area contributed by atoms with Crippen LogP contribution in [0, 0.1) is 0 Å². The van der Waals surface area contributed by atoms with Crippen molar-refractivity contribution >= 4 is 11.9 Å². The Balaban J connectivity index is 0.00000288. The minimum Gasteiger partial charge on any atom is -1.00 e. The van der Waals surface area contributed by atoms with Crippen molar-refractivity contribution in [3.63, 3.8) is 0 Å². The first-order chi connectivity index (χ1) is 11.1. The number of hydrogen-bond acceptors (Lipinski definition) is 6. The van der Waals surface area contributed by atoms with Gasteiger partial charge in [-0.05, 0) is 0 Å². The van der Waals surface area contributed by atoms with Crippen molar-refractivity contribution in [2.45, 2.75) is 0 Å². The van der Waals surface area contributed by atoms with Gasteiger partial charge in [0.1, 0.15) is 0 Å². The molecule has 0 bridgehead atoms. The molecule has 0 unspecified atom stereocenters. The second-order valence-corrected chi connectivity index (χ2v) is 5.74. The minimum atomic E-state index is -1.68. The summed E-state index contributed by atoms with van der Waals surface area (Å²) in [6.45, 7) is 0. The molecule has 0 spiro atoms. The van der Waals surface area contributed by atoms with Gasteiger partial charge in [0.15, 0.2) is 0 Å². The number of esters is 2. The van der Waals surface area contributed by atoms with Gasteiger partial charge < -0.3 is 24.8 Å². The molecule has 0 aliphatic heterocycles. The first-order valence-electron chi connectivity index (χ1n) is 6.59. The van der Waals surface area contributed by atoms with Crippen LogP contribution in [0.4, 0.5) is 0 Å². The number of methoxy groups -OCH3 is 2. The summed E-state index contributed by atoms with van der Waals surface area (Å²) in [4.78, 5) is 22.9. The molecule has 2 aromatic rings. The van der Waals surface area contributed by atoms with Crippen LogP contribution in [0.1, 0.15) is 20.7 Å². The average Bonchev–Trinajstić information content (AvgIpc) is 2.61. The topological polar surface area (TPSA) is 71.1 Å². The van der Waals surface area contributed by atoms with Crippen LogP contribution in [0.5, 0.6) is 11.5 Å². The fourth-order valence-corrected chi connectivity index (χ4v) is 2.93. The SMILES string of the molecule is COC(=O)c1cccc([O][Zr+2][O]c2cccc(C(=O)OC)c2)c1.[Cl-].[Cl-]. The Morgan fingerprint density at radius 2 is 1.16 bits per heavy atom. The quantitative estimate of drug-likeness (QED) is 0.416. The zero-order valence-electron chi connectivity index (χ0n) is 13.3. The molecule has 2 aromatic carbocycles. The maximum absolute atomic E-state index is 11.5. The van der Waals surface area contributed by atoms with E-state index < -0.39 is 36.1 Å². The van der Waals surface area contributed by atoms with Crippen molar-refractivity contribution in [2.24, 2.45) is 0 Å². The Morgan fingerprint density at radius 1 is 0.760 bits per heavy atom. The number of carbonyl (C=O) groups excluding carboxylic acids is 2. The summed E-state index contributed by atoms with van der Waals surface area (Å²) in [5, 5.41) is 0. The second-order valence-electron chi connectivity index (χ2n) is 4.33. The van der Waals surface area contributed by atoms with E-state index in [4.69, 9.17) is 5.63 Å². The molecule has 9 heteroatoms. The van der Waals surface area contributed by atoms with Crippen molar-refractivity contribution in [3.05, 3.63) is 59.7 Å². The van der Waals surface area contributed by atoms with Crippen LogP contribution in [-0.4, -0.2) is 26.2 Å². The van der Waals surface area contributed by atoms with E-state index in [0.717, 1.165) is 0 Å². The van der Waals surface area contributed by atoms with E-state index >= 15 is 0 Å². The molecule has 0 aliphatic carbocycles. The van der Waals surface area contributed by atoms with Crippen LogP contribution in [0.2, 0.25) is 0 Å². The summed E-state index contributed by atoms with van der Waals surface area (Å²) in [7, 11) is 2.65. The van der Waals surface area contributed by atoms with Crippen LogP contribution in [0.3, 0.4) is 0 Å². The van der Waals surface area contributed by atoms with Gasteiger partial charge in [0.25, 0.3) is 0 Å². The van der Waals surface area contributed by atoms with Crippen molar-refractivity contribution in [1.82, 2.24) is 0 Å². The molecule has 0 aliphatic rings. The molecular formula is C16H14Cl2O6Zr. The first-order valence-corrected chi connectivity index (χ1v) is 8.60. The fraction of sp³-hybridized carbons (Fsp3) is 0.125. The zero-order valence-corrected chi connectivity index (χ0v) is 17.3. The Kier molecular flexibility index (Phi) is 11.2. The minimum absolute atomic E-state index is 0. The van der Waals surface area contributed by atoms with Gasteiger partial charge in [0.05, 0.1) is 0 Å². The molecule has 0 atom stereocenters. The molecule has 25 heavy (non-hydrogen) atoms.